The Labute approximate surface area is 203 Å². The molecule has 2 atom stereocenters. The molecule has 0 bridgehead atoms. The van der Waals surface area contributed by atoms with Gasteiger partial charge in [-0.15, -0.1) is 0 Å². The predicted octanol–water partition coefficient (Wildman–Crippen LogP) is 6.69. The molecule has 1 aliphatic rings. The number of nitrogens with one attached hydrogen (secondary N) is 1. The Bertz CT molecular complexity index is 1090. The van der Waals surface area contributed by atoms with Gasteiger partial charge in [-0.1, -0.05) is 52.3 Å². The van der Waals surface area contributed by atoms with Gasteiger partial charge in [-0.3, -0.25) is 0 Å². The average Bonchev–Trinajstić information content (AvgIpc) is 2.79. The largest absolute Gasteiger partial charge is 0.485 e. The fraction of sp³-hybridized carbons (Fsp3) is 0.333. The highest BCUT2D eigenvalue weighted by Crippen LogP contribution is 2.44. The van der Waals surface area contributed by atoms with Crippen LogP contribution in [0.4, 0.5) is 10.1 Å². The smallest absolute Gasteiger partial charge is 0.132 e. The molecule has 0 aromatic heterocycles. The lowest BCUT2D eigenvalue weighted by Crippen LogP contribution is -2.51. The van der Waals surface area contributed by atoms with Gasteiger partial charge in [-0.05, 0) is 56.2 Å². The molecule has 2 unspecified atom stereocenters. The third kappa shape index (κ3) is 5.57. The van der Waals surface area contributed by atoms with Crippen LogP contribution >= 0.6 is 15.9 Å². The van der Waals surface area contributed by atoms with Crippen LogP contribution in [0.3, 0.4) is 0 Å². The fourth-order valence-electron chi connectivity index (χ4n) is 4.12. The quantitative estimate of drug-likeness (QED) is 0.364. The van der Waals surface area contributed by atoms with Crippen LogP contribution < -0.4 is 10.1 Å². The molecule has 6 heteroatoms. The first kappa shape index (κ1) is 23.7. The Morgan fingerprint density at radius 1 is 1.03 bits per heavy atom. The van der Waals surface area contributed by atoms with E-state index in [2.05, 4.69) is 33.4 Å². The van der Waals surface area contributed by atoms with E-state index in [-0.39, 0.29) is 18.5 Å². The highest BCUT2D eigenvalue weighted by molar-refractivity contribution is 9.10. The van der Waals surface area contributed by atoms with Crippen LogP contribution in [0, 0.1) is 5.82 Å². The molecule has 0 saturated carbocycles. The number of halogens is 2. The molecular weight excluding hydrogens is 485 g/mol. The summed E-state index contributed by atoms with van der Waals surface area (Å²) in [5.74, 6) is 0.469. The molecule has 3 aromatic rings. The highest BCUT2D eigenvalue weighted by Gasteiger charge is 2.45. The molecule has 1 heterocycles. The third-order valence-electron chi connectivity index (χ3n) is 5.90. The van der Waals surface area contributed by atoms with E-state index in [0.29, 0.717) is 16.6 Å². The van der Waals surface area contributed by atoms with Crippen LogP contribution in [0.25, 0.3) is 0 Å². The molecule has 0 fully saturated rings. The standard InChI is InChI=1S/C27H29BrFNO3/c1-27(2)26(32-17-19-9-10-20(28)15-23(19)29)25(31-14-13-18-7-5-4-6-8-18)22-16-21(30-3)11-12-24(22)33-27/h4-12,15-16,25-26,30H,13-14,17H2,1-3H3. The van der Waals surface area contributed by atoms with E-state index in [1.165, 1.54) is 11.6 Å². The molecule has 0 radical (unpaired) electrons. The minimum Gasteiger partial charge on any atom is -0.485 e. The van der Waals surface area contributed by atoms with Gasteiger partial charge in [0.05, 0.1) is 13.2 Å². The molecule has 1 aliphatic heterocycles. The van der Waals surface area contributed by atoms with Crippen molar-refractivity contribution in [3.63, 3.8) is 0 Å². The van der Waals surface area contributed by atoms with Gasteiger partial charge in [0.1, 0.15) is 29.4 Å². The SMILES string of the molecule is CNc1ccc2c(c1)C(OCCc1ccccc1)C(OCc1ccc(Br)cc1F)C(C)(C)O2. The molecule has 4 nitrogen and oxygen atoms in total. The van der Waals surface area contributed by atoms with Gasteiger partial charge >= 0.3 is 0 Å². The lowest BCUT2D eigenvalue weighted by Gasteiger charge is -2.44. The molecule has 0 aliphatic carbocycles. The van der Waals surface area contributed by atoms with Crippen LogP contribution in [0.5, 0.6) is 5.75 Å². The van der Waals surface area contributed by atoms with Crippen LogP contribution in [0.1, 0.15) is 36.6 Å². The lowest BCUT2D eigenvalue weighted by atomic mass is 9.87. The second-order valence-electron chi connectivity index (χ2n) is 8.70. The Kier molecular flexibility index (Phi) is 7.37. The minimum atomic E-state index is -0.669. The van der Waals surface area contributed by atoms with Crippen molar-refractivity contribution in [3.8, 4) is 5.75 Å². The van der Waals surface area contributed by atoms with Crippen molar-refractivity contribution in [2.24, 2.45) is 0 Å². The number of hydrogen-bond acceptors (Lipinski definition) is 4. The lowest BCUT2D eigenvalue weighted by molar-refractivity contribution is -0.167. The van der Waals surface area contributed by atoms with Crippen molar-refractivity contribution >= 4 is 21.6 Å². The summed E-state index contributed by atoms with van der Waals surface area (Å²) < 4.78 is 34.3. The van der Waals surface area contributed by atoms with Crippen molar-refractivity contribution in [1.82, 2.24) is 0 Å². The van der Waals surface area contributed by atoms with Crippen LogP contribution in [-0.2, 0) is 22.5 Å². The van der Waals surface area contributed by atoms with E-state index in [9.17, 15) is 4.39 Å². The summed E-state index contributed by atoms with van der Waals surface area (Å²) in [6.45, 7) is 4.62. The predicted molar refractivity (Wildman–Crippen MR) is 132 cm³/mol. The van der Waals surface area contributed by atoms with E-state index in [1.54, 1.807) is 6.07 Å². The number of ether oxygens (including phenoxy) is 3. The van der Waals surface area contributed by atoms with E-state index in [1.807, 2.05) is 63.4 Å². The summed E-state index contributed by atoms with van der Waals surface area (Å²) in [6.07, 6.45) is -0.0107. The van der Waals surface area contributed by atoms with Crippen LogP contribution in [0.15, 0.2) is 71.2 Å². The second kappa shape index (κ2) is 10.2. The zero-order chi connectivity index (χ0) is 23.4. The van der Waals surface area contributed by atoms with Crippen molar-refractivity contribution in [2.45, 2.75) is 44.7 Å². The van der Waals surface area contributed by atoms with Crippen LogP contribution in [-0.4, -0.2) is 25.4 Å². The van der Waals surface area contributed by atoms with Gasteiger partial charge in [0, 0.05) is 28.3 Å². The Morgan fingerprint density at radius 3 is 2.55 bits per heavy atom. The van der Waals surface area contributed by atoms with Crippen molar-refractivity contribution in [2.75, 3.05) is 19.0 Å². The zero-order valence-corrected chi connectivity index (χ0v) is 20.7. The third-order valence-corrected chi connectivity index (χ3v) is 6.40. The maximum absolute atomic E-state index is 14.4. The van der Waals surface area contributed by atoms with E-state index >= 15 is 0 Å². The van der Waals surface area contributed by atoms with Gasteiger partial charge in [0.15, 0.2) is 0 Å². The van der Waals surface area contributed by atoms with Gasteiger partial charge in [0.25, 0.3) is 0 Å². The molecule has 174 valence electrons. The van der Waals surface area contributed by atoms with Crippen molar-refractivity contribution in [3.05, 3.63) is 93.7 Å². The summed E-state index contributed by atoms with van der Waals surface area (Å²) in [5, 5.41) is 3.18. The minimum absolute atomic E-state index is 0.121. The number of benzene rings is 3. The molecule has 0 amide bonds. The van der Waals surface area contributed by atoms with E-state index < -0.39 is 11.7 Å². The first-order valence-corrected chi connectivity index (χ1v) is 11.9. The molecule has 1 N–H and O–H groups in total. The van der Waals surface area contributed by atoms with Crippen molar-refractivity contribution in [1.29, 1.82) is 0 Å². The van der Waals surface area contributed by atoms with Gasteiger partial charge in [-0.25, -0.2) is 4.39 Å². The van der Waals surface area contributed by atoms with Gasteiger partial charge in [0.2, 0.25) is 0 Å². The summed E-state index contributed by atoms with van der Waals surface area (Å²) in [6, 6.07) is 21.2. The molecular formula is C27H29BrFNO3. The average molecular weight is 514 g/mol. The van der Waals surface area contributed by atoms with Gasteiger partial charge < -0.3 is 19.5 Å². The summed E-state index contributed by atoms with van der Waals surface area (Å²) in [7, 11) is 1.88. The topological polar surface area (TPSA) is 39.7 Å². The molecule has 4 rings (SSSR count). The summed E-state index contributed by atoms with van der Waals surface area (Å²) in [5.41, 5.74) is 2.92. The normalized spacial score (nSPS) is 18.9. The summed E-state index contributed by atoms with van der Waals surface area (Å²) >= 11 is 3.30. The molecule has 33 heavy (non-hydrogen) atoms. The first-order valence-electron chi connectivity index (χ1n) is 11.1. The van der Waals surface area contributed by atoms with Crippen molar-refractivity contribution < 1.29 is 18.6 Å². The Balaban J connectivity index is 1.60. The fourth-order valence-corrected chi connectivity index (χ4v) is 4.45. The molecule has 3 aromatic carbocycles. The first-order chi connectivity index (χ1) is 15.9. The highest BCUT2D eigenvalue weighted by atomic mass is 79.9. The second-order valence-corrected chi connectivity index (χ2v) is 9.62. The number of hydrogen-bond donors (Lipinski definition) is 1. The maximum Gasteiger partial charge on any atom is 0.132 e. The van der Waals surface area contributed by atoms with Crippen LogP contribution in [0.2, 0.25) is 0 Å². The zero-order valence-electron chi connectivity index (χ0n) is 19.1. The Hall–Kier alpha value is -2.41. The number of anilines is 1. The van der Waals surface area contributed by atoms with Gasteiger partial charge in [-0.2, -0.15) is 0 Å². The Morgan fingerprint density at radius 2 is 1.82 bits per heavy atom. The monoisotopic (exact) mass is 513 g/mol. The molecule has 0 spiro atoms. The van der Waals surface area contributed by atoms with E-state index in [0.717, 1.165) is 23.4 Å². The summed E-state index contributed by atoms with van der Waals surface area (Å²) in [4.78, 5) is 0. The number of rotatable bonds is 8. The number of fused-ring (bicyclic) bond motifs is 1. The molecule has 0 saturated heterocycles. The van der Waals surface area contributed by atoms with E-state index in [4.69, 9.17) is 14.2 Å². The maximum atomic E-state index is 14.4.